The molecule has 0 unspecified atom stereocenters. The summed E-state index contributed by atoms with van der Waals surface area (Å²) < 4.78 is 7.86. The van der Waals surface area contributed by atoms with E-state index in [0.29, 0.717) is 17.3 Å². The Balaban J connectivity index is 1.65. The number of carbonyl (C=O) groups is 1. The lowest BCUT2D eigenvalue weighted by Crippen LogP contribution is -2.21. The van der Waals surface area contributed by atoms with E-state index in [1.165, 1.54) is 17.3 Å². The Morgan fingerprint density at radius 2 is 2.09 bits per heavy atom. The predicted octanol–water partition coefficient (Wildman–Crippen LogP) is 2.44. The molecule has 0 saturated heterocycles. The second-order valence-electron chi connectivity index (χ2n) is 4.51. The molecule has 0 aliphatic heterocycles. The number of rotatable bonds is 5. The van der Waals surface area contributed by atoms with Gasteiger partial charge >= 0.3 is 0 Å². The Bertz CT molecular complexity index is 790. The lowest BCUT2D eigenvalue weighted by Gasteiger charge is -2.10. The maximum absolute atomic E-state index is 12.1. The Hall–Kier alpha value is -2.74. The molecular weight excluding hydrogens is 362 g/mol. The minimum Gasteiger partial charge on any atom is -0.484 e. The molecule has 1 aromatic carbocycles. The third-order valence-corrected chi connectivity index (χ3v) is 3.41. The highest BCUT2D eigenvalue weighted by Gasteiger charge is 2.10. The van der Waals surface area contributed by atoms with Crippen LogP contribution in [0, 0.1) is 0 Å². The standard InChI is InChI=1S/C15H12BrN5O2/c16-11-3-5-12(6-4-11)23-8-14(22)20-13-2-1-7-18-15(13)21-10-17-9-19-21/h1-7,9-10H,8H2,(H,20,22). The van der Waals surface area contributed by atoms with Crippen LogP contribution >= 0.6 is 15.9 Å². The molecule has 0 aliphatic carbocycles. The van der Waals surface area contributed by atoms with Crippen molar-refractivity contribution in [2.45, 2.75) is 0 Å². The molecule has 8 heteroatoms. The predicted molar refractivity (Wildman–Crippen MR) is 87.4 cm³/mol. The molecule has 7 nitrogen and oxygen atoms in total. The lowest BCUT2D eigenvalue weighted by molar-refractivity contribution is -0.118. The van der Waals surface area contributed by atoms with Crippen LogP contribution in [-0.4, -0.2) is 32.3 Å². The van der Waals surface area contributed by atoms with Gasteiger partial charge in [-0.3, -0.25) is 4.79 Å². The maximum Gasteiger partial charge on any atom is 0.262 e. The Morgan fingerprint density at radius 3 is 2.83 bits per heavy atom. The molecular formula is C15H12BrN5O2. The van der Waals surface area contributed by atoms with E-state index in [4.69, 9.17) is 4.74 Å². The number of carbonyl (C=O) groups excluding carboxylic acids is 1. The van der Waals surface area contributed by atoms with Crippen molar-refractivity contribution in [2.75, 3.05) is 11.9 Å². The van der Waals surface area contributed by atoms with Gasteiger partial charge in [0.1, 0.15) is 18.4 Å². The van der Waals surface area contributed by atoms with Gasteiger partial charge in [0, 0.05) is 10.7 Å². The summed E-state index contributed by atoms with van der Waals surface area (Å²) >= 11 is 3.34. The first-order valence-electron chi connectivity index (χ1n) is 6.70. The van der Waals surface area contributed by atoms with Gasteiger partial charge in [-0.2, -0.15) is 5.10 Å². The van der Waals surface area contributed by atoms with E-state index in [2.05, 4.69) is 36.3 Å². The molecule has 0 aliphatic rings. The zero-order valence-corrected chi connectivity index (χ0v) is 13.5. The number of halogens is 1. The van der Waals surface area contributed by atoms with Crippen molar-refractivity contribution in [1.82, 2.24) is 19.7 Å². The SMILES string of the molecule is O=C(COc1ccc(Br)cc1)Nc1cccnc1-n1cncn1. The summed E-state index contributed by atoms with van der Waals surface area (Å²) in [5.41, 5.74) is 0.530. The number of hydrogen-bond donors (Lipinski definition) is 1. The van der Waals surface area contributed by atoms with Gasteiger partial charge in [0.05, 0.1) is 5.69 Å². The van der Waals surface area contributed by atoms with E-state index in [9.17, 15) is 4.79 Å². The molecule has 2 heterocycles. The fourth-order valence-corrected chi connectivity index (χ4v) is 2.13. The molecule has 3 aromatic rings. The first-order chi connectivity index (χ1) is 11.2. The molecule has 116 valence electrons. The summed E-state index contributed by atoms with van der Waals surface area (Å²) in [7, 11) is 0. The summed E-state index contributed by atoms with van der Waals surface area (Å²) in [6.07, 6.45) is 4.53. The molecule has 1 amide bonds. The monoisotopic (exact) mass is 373 g/mol. The van der Waals surface area contributed by atoms with Crippen LogP contribution in [0.5, 0.6) is 5.75 Å². The molecule has 3 rings (SSSR count). The van der Waals surface area contributed by atoms with Gasteiger partial charge in [-0.15, -0.1) is 0 Å². The van der Waals surface area contributed by atoms with Crippen molar-refractivity contribution in [3.63, 3.8) is 0 Å². The second kappa shape index (κ2) is 7.01. The van der Waals surface area contributed by atoms with Gasteiger partial charge in [-0.25, -0.2) is 14.6 Å². The highest BCUT2D eigenvalue weighted by molar-refractivity contribution is 9.10. The Morgan fingerprint density at radius 1 is 1.26 bits per heavy atom. The first kappa shape index (κ1) is 15.2. The topological polar surface area (TPSA) is 81.9 Å². The van der Waals surface area contributed by atoms with Crippen LogP contribution in [0.3, 0.4) is 0 Å². The average molecular weight is 374 g/mol. The minimum absolute atomic E-state index is 0.104. The van der Waals surface area contributed by atoms with Gasteiger partial charge < -0.3 is 10.1 Å². The highest BCUT2D eigenvalue weighted by Crippen LogP contribution is 2.17. The normalized spacial score (nSPS) is 10.3. The van der Waals surface area contributed by atoms with Crippen LogP contribution in [0.25, 0.3) is 5.82 Å². The summed E-state index contributed by atoms with van der Waals surface area (Å²) in [6.45, 7) is -0.104. The van der Waals surface area contributed by atoms with Gasteiger partial charge in [0.15, 0.2) is 12.4 Å². The number of pyridine rings is 1. The number of benzene rings is 1. The van der Waals surface area contributed by atoms with Crippen molar-refractivity contribution in [1.29, 1.82) is 0 Å². The third-order valence-electron chi connectivity index (χ3n) is 2.88. The van der Waals surface area contributed by atoms with Gasteiger partial charge in [0.25, 0.3) is 5.91 Å². The van der Waals surface area contributed by atoms with E-state index in [0.717, 1.165) is 4.47 Å². The zero-order chi connectivity index (χ0) is 16.1. The number of anilines is 1. The van der Waals surface area contributed by atoms with E-state index in [1.54, 1.807) is 30.5 Å². The van der Waals surface area contributed by atoms with Crippen LogP contribution in [0.4, 0.5) is 5.69 Å². The number of nitrogens with one attached hydrogen (secondary N) is 1. The number of nitrogens with zero attached hydrogens (tertiary/aromatic N) is 4. The van der Waals surface area contributed by atoms with Crippen molar-refractivity contribution in [3.05, 3.63) is 59.7 Å². The first-order valence-corrected chi connectivity index (χ1v) is 7.50. The molecule has 0 spiro atoms. The van der Waals surface area contributed by atoms with Crippen molar-refractivity contribution >= 4 is 27.5 Å². The van der Waals surface area contributed by atoms with Crippen molar-refractivity contribution < 1.29 is 9.53 Å². The molecule has 0 atom stereocenters. The summed E-state index contributed by atoms with van der Waals surface area (Å²) in [5, 5.41) is 6.77. The van der Waals surface area contributed by atoms with Crippen LogP contribution in [-0.2, 0) is 4.79 Å². The number of ether oxygens (including phenoxy) is 1. The van der Waals surface area contributed by atoms with Crippen molar-refractivity contribution in [2.24, 2.45) is 0 Å². The van der Waals surface area contributed by atoms with Crippen LogP contribution in [0.2, 0.25) is 0 Å². The van der Waals surface area contributed by atoms with Gasteiger partial charge in [-0.05, 0) is 36.4 Å². The number of hydrogen-bond acceptors (Lipinski definition) is 5. The average Bonchev–Trinajstić information content (AvgIpc) is 3.09. The van der Waals surface area contributed by atoms with Crippen molar-refractivity contribution in [3.8, 4) is 11.6 Å². The Kier molecular flexibility index (Phi) is 4.62. The summed E-state index contributed by atoms with van der Waals surface area (Å²) in [4.78, 5) is 20.1. The van der Waals surface area contributed by atoms with Crippen LogP contribution < -0.4 is 10.1 Å². The molecule has 2 aromatic heterocycles. The lowest BCUT2D eigenvalue weighted by atomic mass is 10.3. The molecule has 0 saturated carbocycles. The molecule has 0 fully saturated rings. The van der Waals surface area contributed by atoms with Gasteiger partial charge in [-0.1, -0.05) is 15.9 Å². The van der Waals surface area contributed by atoms with Crippen LogP contribution in [0.1, 0.15) is 0 Å². The van der Waals surface area contributed by atoms with E-state index < -0.39 is 0 Å². The van der Waals surface area contributed by atoms with E-state index in [1.807, 2.05) is 12.1 Å². The molecule has 0 bridgehead atoms. The van der Waals surface area contributed by atoms with E-state index >= 15 is 0 Å². The zero-order valence-electron chi connectivity index (χ0n) is 11.9. The summed E-state index contributed by atoms with van der Waals surface area (Å²) in [6, 6.07) is 10.7. The Labute approximate surface area is 140 Å². The highest BCUT2D eigenvalue weighted by atomic mass is 79.9. The smallest absolute Gasteiger partial charge is 0.262 e. The molecule has 1 N–H and O–H groups in total. The maximum atomic E-state index is 12.1. The largest absolute Gasteiger partial charge is 0.484 e. The third kappa shape index (κ3) is 3.92. The van der Waals surface area contributed by atoms with Gasteiger partial charge in [0.2, 0.25) is 0 Å². The fraction of sp³-hybridized carbons (Fsp3) is 0.0667. The number of aromatic nitrogens is 4. The van der Waals surface area contributed by atoms with E-state index in [-0.39, 0.29) is 12.5 Å². The molecule has 23 heavy (non-hydrogen) atoms. The quantitative estimate of drug-likeness (QED) is 0.742. The van der Waals surface area contributed by atoms with Crippen LogP contribution in [0.15, 0.2) is 59.7 Å². The number of amides is 1. The summed E-state index contributed by atoms with van der Waals surface area (Å²) in [5.74, 6) is 0.815. The molecule has 0 radical (unpaired) electrons. The minimum atomic E-state index is -0.290. The fourth-order valence-electron chi connectivity index (χ4n) is 1.86. The second-order valence-corrected chi connectivity index (χ2v) is 5.42.